The van der Waals surface area contributed by atoms with Crippen LogP contribution in [0.4, 0.5) is 0 Å². The van der Waals surface area contributed by atoms with Crippen molar-refractivity contribution in [1.82, 2.24) is 9.78 Å². The van der Waals surface area contributed by atoms with Gasteiger partial charge in [-0.05, 0) is 36.1 Å². The molecule has 0 aliphatic rings. The summed E-state index contributed by atoms with van der Waals surface area (Å²) in [5, 5.41) is 4.37. The van der Waals surface area contributed by atoms with E-state index in [0.717, 1.165) is 23.9 Å². The van der Waals surface area contributed by atoms with E-state index in [2.05, 4.69) is 46.3 Å². The van der Waals surface area contributed by atoms with Gasteiger partial charge in [0.15, 0.2) is 0 Å². The minimum absolute atomic E-state index is 0.230. The zero-order valence-corrected chi connectivity index (χ0v) is 12.1. The van der Waals surface area contributed by atoms with Crippen molar-refractivity contribution in [3.05, 3.63) is 52.3 Å². The maximum atomic E-state index is 5.94. The Morgan fingerprint density at radius 2 is 2.22 bits per heavy atom. The summed E-state index contributed by atoms with van der Waals surface area (Å²) in [7, 11) is 0. The second kappa shape index (κ2) is 6.16. The fourth-order valence-electron chi connectivity index (χ4n) is 1.87. The van der Waals surface area contributed by atoms with Crippen molar-refractivity contribution in [3.63, 3.8) is 0 Å². The largest absolute Gasteiger partial charge is 0.327 e. The van der Waals surface area contributed by atoms with Gasteiger partial charge in [0.1, 0.15) is 0 Å². The van der Waals surface area contributed by atoms with E-state index in [4.69, 9.17) is 5.73 Å². The van der Waals surface area contributed by atoms with Crippen LogP contribution in [-0.4, -0.2) is 15.8 Å². The minimum atomic E-state index is 0.230. The maximum Gasteiger partial charge on any atom is 0.0659 e. The van der Waals surface area contributed by atoms with Crippen LogP contribution in [0.2, 0.25) is 0 Å². The summed E-state index contributed by atoms with van der Waals surface area (Å²) in [6, 6.07) is 8.51. The van der Waals surface area contributed by atoms with E-state index in [-0.39, 0.29) is 6.04 Å². The molecule has 0 bridgehead atoms. The Bertz CT molecular complexity index is 507. The van der Waals surface area contributed by atoms with Gasteiger partial charge >= 0.3 is 0 Å². The molecule has 1 unspecified atom stereocenters. The first kappa shape index (κ1) is 13.3. The SMILES string of the molecule is CCC(N)Cc1cnn(Cc2cccc(Br)c2)c1. The van der Waals surface area contributed by atoms with Gasteiger partial charge in [0, 0.05) is 16.7 Å². The highest BCUT2D eigenvalue weighted by atomic mass is 79.9. The summed E-state index contributed by atoms with van der Waals surface area (Å²) in [4.78, 5) is 0. The first-order valence-corrected chi connectivity index (χ1v) is 6.98. The van der Waals surface area contributed by atoms with Crippen LogP contribution in [0.15, 0.2) is 41.1 Å². The topological polar surface area (TPSA) is 43.8 Å². The zero-order valence-electron chi connectivity index (χ0n) is 10.5. The number of benzene rings is 1. The molecule has 1 aromatic carbocycles. The number of hydrogen-bond donors (Lipinski definition) is 1. The summed E-state index contributed by atoms with van der Waals surface area (Å²) in [6.07, 6.45) is 5.88. The second-order valence-electron chi connectivity index (χ2n) is 4.55. The summed E-state index contributed by atoms with van der Waals surface area (Å²) in [5.41, 5.74) is 8.39. The Morgan fingerprint density at radius 3 is 2.94 bits per heavy atom. The van der Waals surface area contributed by atoms with E-state index in [0.29, 0.717) is 0 Å². The van der Waals surface area contributed by atoms with E-state index in [1.807, 2.05) is 23.0 Å². The third-order valence-electron chi connectivity index (χ3n) is 2.94. The van der Waals surface area contributed by atoms with Crippen molar-refractivity contribution >= 4 is 15.9 Å². The third kappa shape index (κ3) is 3.68. The van der Waals surface area contributed by atoms with Crippen molar-refractivity contribution in [2.24, 2.45) is 5.73 Å². The predicted octanol–water partition coefficient (Wildman–Crippen LogP) is 2.97. The quantitative estimate of drug-likeness (QED) is 0.923. The van der Waals surface area contributed by atoms with E-state index in [1.54, 1.807) is 0 Å². The van der Waals surface area contributed by atoms with Crippen molar-refractivity contribution in [3.8, 4) is 0 Å². The Morgan fingerprint density at radius 1 is 1.39 bits per heavy atom. The molecule has 1 aromatic heterocycles. The molecule has 0 amide bonds. The molecule has 1 atom stereocenters. The average molecular weight is 308 g/mol. The van der Waals surface area contributed by atoms with Crippen LogP contribution in [0, 0.1) is 0 Å². The van der Waals surface area contributed by atoms with Gasteiger partial charge in [-0.3, -0.25) is 4.68 Å². The number of aromatic nitrogens is 2. The molecule has 0 saturated heterocycles. The van der Waals surface area contributed by atoms with Crippen molar-refractivity contribution in [2.75, 3.05) is 0 Å². The summed E-state index contributed by atoms with van der Waals surface area (Å²) >= 11 is 3.48. The predicted molar refractivity (Wildman–Crippen MR) is 77.4 cm³/mol. The Labute approximate surface area is 116 Å². The molecule has 2 aromatic rings. The summed E-state index contributed by atoms with van der Waals surface area (Å²) in [5.74, 6) is 0. The zero-order chi connectivity index (χ0) is 13.0. The number of halogens is 1. The molecular weight excluding hydrogens is 290 g/mol. The number of nitrogens with two attached hydrogens (primary N) is 1. The molecule has 4 heteroatoms. The number of nitrogens with zero attached hydrogens (tertiary/aromatic N) is 2. The van der Waals surface area contributed by atoms with E-state index < -0.39 is 0 Å². The van der Waals surface area contributed by atoms with Crippen LogP contribution >= 0.6 is 15.9 Å². The highest BCUT2D eigenvalue weighted by Gasteiger charge is 2.04. The molecule has 0 fully saturated rings. The van der Waals surface area contributed by atoms with E-state index >= 15 is 0 Å². The second-order valence-corrected chi connectivity index (χ2v) is 5.46. The lowest BCUT2D eigenvalue weighted by Gasteiger charge is -2.05. The highest BCUT2D eigenvalue weighted by molar-refractivity contribution is 9.10. The third-order valence-corrected chi connectivity index (χ3v) is 3.44. The Hall–Kier alpha value is -1.13. The maximum absolute atomic E-state index is 5.94. The molecule has 0 aliphatic carbocycles. The Balaban J connectivity index is 2.02. The van der Waals surface area contributed by atoms with Crippen LogP contribution in [-0.2, 0) is 13.0 Å². The van der Waals surface area contributed by atoms with Crippen LogP contribution in [0.1, 0.15) is 24.5 Å². The summed E-state index contributed by atoms with van der Waals surface area (Å²) < 4.78 is 3.06. The van der Waals surface area contributed by atoms with E-state index in [9.17, 15) is 0 Å². The van der Waals surface area contributed by atoms with Crippen molar-refractivity contribution in [1.29, 1.82) is 0 Å². The van der Waals surface area contributed by atoms with Crippen LogP contribution in [0.5, 0.6) is 0 Å². The lowest BCUT2D eigenvalue weighted by molar-refractivity contribution is 0.644. The molecular formula is C14H18BrN3. The molecule has 96 valence electrons. The van der Waals surface area contributed by atoms with Crippen LogP contribution in [0.3, 0.4) is 0 Å². The van der Waals surface area contributed by atoms with Gasteiger partial charge in [0.2, 0.25) is 0 Å². The molecule has 2 rings (SSSR count). The van der Waals surface area contributed by atoms with Gasteiger partial charge in [-0.1, -0.05) is 35.0 Å². The number of hydrogen-bond acceptors (Lipinski definition) is 2. The molecule has 0 aliphatic heterocycles. The van der Waals surface area contributed by atoms with Gasteiger partial charge in [0.05, 0.1) is 12.7 Å². The summed E-state index contributed by atoms with van der Waals surface area (Å²) in [6.45, 7) is 2.90. The van der Waals surface area contributed by atoms with Gasteiger partial charge < -0.3 is 5.73 Å². The van der Waals surface area contributed by atoms with Crippen LogP contribution < -0.4 is 5.73 Å². The van der Waals surface area contributed by atoms with Gasteiger partial charge in [-0.25, -0.2) is 0 Å². The van der Waals surface area contributed by atoms with Crippen molar-refractivity contribution in [2.45, 2.75) is 32.4 Å². The lowest BCUT2D eigenvalue weighted by Crippen LogP contribution is -2.21. The average Bonchev–Trinajstić information content (AvgIpc) is 2.76. The smallest absolute Gasteiger partial charge is 0.0659 e. The molecule has 0 spiro atoms. The molecule has 0 saturated carbocycles. The highest BCUT2D eigenvalue weighted by Crippen LogP contribution is 2.13. The van der Waals surface area contributed by atoms with E-state index in [1.165, 1.54) is 11.1 Å². The molecule has 2 N–H and O–H groups in total. The van der Waals surface area contributed by atoms with Gasteiger partial charge in [-0.2, -0.15) is 5.10 Å². The monoisotopic (exact) mass is 307 g/mol. The van der Waals surface area contributed by atoms with Gasteiger partial charge in [-0.15, -0.1) is 0 Å². The number of rotatable bonds is 5. The standard InChI is InChI=1S/C14H18BrN3/c1-2-14(16)7-12-8-17-18(10-12)9-11-4-3-5-13(15)6-11/h3-6,8,10,14H,2,7,9,16H2,1H3. The first-order valence-electron chi connectivity index (χ1n) is 6.18. The van der Waals surface area contributed by atoms with Gasteiger partial charge in [0.25, 0.3) is 0 Å². The normalized spacial score (nSPS) is 12.6. The molecule has 1 heterocycles. The Kier molecular flexibility index (Phi) is 4.55. The molecule has 18 heavy (non-hydrogen) atoms. The lowest BCUT2D eigenvalue weighted by atomic mass is 10.1. The fourth-order valence-corrected chi connectivity index (χ4v) is 2.31. The van der Waals surface area contributed by atoms with Crippen LogP contribution in [0.25, 0.3) is 0 Å². The van der Waals surface area contributed by atoms with Crippen molar-refractivity contribution < 1.29 is 0 Å². The fraction of sp³-hybridized carbons (Fsp3) is 0.357. The molecule has 0 radical (unpaired) electrons. The minimum Gasteiger partial charge on any atom is -0.327 e. The first-order chi connectivity index (χ1) is 8.67. The molecule has 3 nitrogen and oxygen atoms in total.